The fraction of sp³-hybridized carbons (Fsp3) is 0.357. The summed E-state index contributed by atoms with van der Waals surface area (Å²) in [5.74, 6) is -0.560. The molecule has 2 aromatic rings. The van der Waals surface area contributed by atoms with Crippen LogP contribution in [0.4, 0.5) is 5.69 Å². The van der Waals surface area contributed by atoms with Gasteiger partial charge in [0, 0.05) is 26.2 Å². The number of ether oxygens (including phenoxy) is 1. The van der Waals surface area contributed by atoms with Crippen molar-refractivity contribution in [3.8, 4) is 0 Å². The van der Waals surface area contributed by atoms with Crippen molar-refractivity contribution >= 4 is 134 Å². The zero-order chi connectivity index (χ0) is 33.7. The maximum atomic E-state index is 13.0. The minimum absolute atomic E-state index is 0. The third-order valence-corrected chi connectivity index (χ3v) is 6.56. The molecule has 46 heavy (non-hydrogen) atoms. The van der Waals surface area contributed by atoms with Gasteiger partial charge in [-0.25, -0.2) is 4.79 Å². The van der Waals surface area contributed by atoms with Gasteiger partial charge in [0.05, 0.1) is 19.2 Å². The van der Waals surface area contributed by atoms with E-state index in [-0.39, 0.29) is 48.9 Å². The topological polar surface area (TPSA) is 94.7 Å². The van der Waals surface area contributed by atoms with Gasteiger partial charge in [-0.05, 0) is 37.5 Å². The normalized spacial score (nSPS) is 9.74. The molecule has 2 rings (SSSR count). The van der Waals surface area contributed by atoms with E-state index in [2.05, 4.69) is 121 Å². The predicted octanol–water partition coefficient (Wildman–Crippen LogP) is 3.09. The van der Waals surface area contributed by atoms with Crippen LogP contribution in [-0.2, 0) is 108 Å². The van der Waals surface area contributed by atoms with Crippen LogP contribution in [0.3, 0.4) is 0 Å². The SMILES string of the molecule is COC(=O)[C@H](C)N(C(=O)Cc1ccccc1)c1c(C)cccc1C.S=C([S-])NCCNC(=S)[S-].S=C([S-])NCCNC(=S)[S-].[Mn+2].[Zn+2]. The Labute approximate surface area is 339 Å². The number of rotatable bonds is 11. The van der Waals surface area contributed by atoms with Crippen LogP contribution < -0.4 is 26.2 Å². The van der Waals surface area contributed by atoms with E-state index in [0.29, 0.717) is 43.5 Å². The van der Waals surface area contributed by atoms with Crippen LogP contribution in [0, 0.1) is 13.8 Å². The van der Waals surface area contributed by atoms with Crippen molar-refractivity contribution in [1.29, 1.82) is 0 Å². The Bertz CT molecular complexity index is 1180. The molecule has 0 bridgehead atoms. The molecule has 0 saturated heterocycles. The molecule has 0 spiro atoms. The first kappa shape index (κ1) is 49.4. The van der Waals surface area contributed by atoms with E-state index >= 15 is 0 Å². The summed E-state index contributed by atoms with van der Waals surface area (Å²) >= 11 is 36.7. The number of carbonyl (C=O) groups excluding carboxylic acids is 2. The summed E-state index contributed by atoms with van der Waals surface area (Å²) in [6, 6.07) is 14.7. The quantitative estimate of drug-likeness (QED) is 0.0877. The number of nitrogens with one attached hydrogen (secondary N) is 4. The molecular formula is C28H35MnN5O3S8Zn. The number of esters is 1. The number of hydrogen-bond acceptors (Lipinski definition) is 11. The van der Waals surface area contributed by atoms with E-state index in [9.17, 15) is 9.59 Å². The van der Waals surface area contributed by atoms with Crippen molar-refractivity contribution in [2.24, 2.45) is 0 Å². The smallest absolute Gasteiger partial charge is 0.467 e. The average Bonchev–Trinajstić information content (AvgIpc) is 2.95. The maximum absolute atomic E-state index is 13.0. The summed E-state index contributed by atoms with van der Waals surface area (Å²) in [7, 11) is 1.34. The number of aryl methyl sites for hydroxylation is 2. The summed E-state index contributed by atoms with van der Waals surface area (Å²) in [5.41, 5.74) is 3.59. The summed E-state index contributed by atoms with van der Waals surface area (Å²) in [5, 5.41) is 11.1. The minimum atomic E-state index is -0.689. The van der Waals surface area contributed by atoms with Gasteiger partial charge in [0.15, 0.2) is 0 Å². The largest absolute Gasteiger partial charge is 2.00 e. The summed E-state index contributed by atoms with van der Waals surface area (Å²) in [6.07, 6.45) is 0.232. The Morgan fingerprint density at radius 1 is 0.739 bits per heavy atom. The minimum Gasteiger partial charge on any atom is -0.467 e. The molecule has 8 nitrogen and oxygen atoms in total. The Morgan fingerprint density at radius 3 is 1.43 bits per heavy atom. The molecule has 247 valence electrons. The van der Waals surface area contributed by atoms with Crippen LogP contribution in [0.25, 0.3) is 0 Å². The molecule has 0 aliphatic heterocycles. The van der Waals surface area contributed by atoms with Gasteiger partial charge in [0.2, 0.25) is 5.91 Å². The second-order valence-corrected chi connectivity index (χ2v) is 13.0. The van der Waals surface area contributed by atoms with Crippen LogP contribution in [0.15, 0.2) is 48.5 Å². The average molecular weight is 866 g/mol. The van der Waals surface area contributed by atoms with Crippen LogP contribution in [-0.4, -0.2) is 68.5 Å². The molecule has 0 fully saturated rings. The number of thiocarbonyl (C=S) groups is 4. The molecule has 1 radical (unpaired) electrons. The van der Waals surface area contributed by atoms with Crippen molar-refractivity contribution in [3.05, 3.63) is 65.2 Å². The van der Waals surface area contributed by atoms with Crippen molar-refractivity contribution in [2.45, 2.75) is 33.2 Å². The van der Waals surface area contributed by atoms with Gasteiger partial charge in [-0.1, -0.05) is 65.8 Å². The van der Waals surface area contributed by atoms with E-state index < -0.39 is 12.0 Å². The number of nitrogens with zero attached hydrogens (tertiary/aromatic N) is 1. The number of para-hydroxylation sites is 1. The molecule has 2 aromatic carbocycles. The first-order chi connectivity index (χ1) is 20.7. The number of amides is 1. The molecule has 0 unspecified atom stereocenters. The Kier molecular flexibility index (Phi) is 31.0. The standard InChI is InChI=1S/C20H23NO3.2C4H8N2S4.Mn.Zn/c1-14-9-8-10-15(2)19(14)21(16(3)20(23)24-4)18(22)13-17-11-6-5-7-12-17;2*7-3(8)5-1-2-6-4(9)10;;/h5-12,16H,13H2,1-4H3;2*1-2H2,(H2,5,7,8)(H2,6,9,10);;/q;;;2*+2/p-4/t16-;;;;/m0..../s1. The Hall–Kier alpha value is -1.04. The second-order valence-electron chi connectivity index (χ2n) is 8.72. The Morgan fingerprint density at radius 2 is 1.11 bits per heavy atom. The molecule has 1 amide bonds. The second kappa shape index (κ2) is 28.9. The van der Waals surface area contributed by atoms with E-state index in [1.165, 1.54) is 7.11 Å². The van der Waals surface area contributed by atoms with Gasteiger partial charge in [0.25, 0.3) is 0 Å². The fourth-order valence-electron chi connectivity index (χ4n) is 3.51. The third-order valence-electron chi connectivity index (χ3n) is 5.40. The molecule has 1 atom stereocenters. The molecule has 0 aromatic heterocycles. The van der Waals surface area contributed by atoms with Crippen molar-refractivity contribution in [2.75, 3.05) is 38.2 Å². The van der Waals surface area contributed by atoms with Crippen LogP contribution in [0.1, 0.15) is 23.6 Å². The third kappa shape index (κ3) is 23.3. The summed E-state index contributed by atoms with van der Waals surface area (Å²) in [6.45, 7) is 8.24. The number of methoxy groups -OCH3 is 1. The fourth-order valence-corrected chi connectivity index (χ4v) is 4.33. The molecular weight excluding hydrogens is 831 g/mol. The number of hydrogen-bond donors (Lipinski definition) is 4. The van der Waals surface area contributed by atoms with Crippen molar-refractivity contribution in [3.63, 3.8) is 0 Å². The first-order valence-corrected chi connectivity index (χ1v) is 16.3. The molecule has 0 aliphatic carbocycles. The zero-order valence-corrected chi connectivity index (χ0v) is 36.4. The van der Waals surface area contributed by atoms with Crippen molar-refractivity contribution < 1.29 is 50.9 Å². The number of carbonyl (C=O) groups is 2. The van der Waals surface area contributed by atoms with Gasteiger partial charge in [-0.2, -0.15) is 0 Å². The Balaban J connectivity index is -0.000000704. The summed E-state index contributed by atoms with van der Waals surface area (Å²) in [4.78, 5) is 26.6. The van der Waals surface area contributed by atoms with E-state index in [1.807, 2.05) is 62.4 Å². The molecule has 4 N–H and O–H groups in total. The zero-order valence-electron chi connectivity index (χ0n) is 25.8. The van der Waals surface area contributed by atoms with Gasteiger partial charge < -0.3 is 125 Å². The van der Waals surface area contributed by atoms with Gasteiger partial charge in [-0.15, -0.1) is 0 Å². The molecule has 0 aliphatic rings. The van der Waals surface area contributed by atoms with Gasteiger partial charge in [-0.3, -0.25) is 9.69 Å². The number of benzene rings is 2. The summed E-state index contributed by atoms with van der Waals surface area (Å²) < 4.78 is 6.35. The molecule has 18 heteroatoms. The predicted molar refractivity (Wildman–Crippen MR) is 207 cm³/mol. The molecule has 0 saturated carbocycles. The van der Waals surface area contributed by atoms with Gasteiger partial charge in [0.1, 0.15) is 6.04 Å². The van der Waals surface area contributed by atoms with Crippen LogP contribution >= 0.6 is 48.9 Å². The van der Waals surface area contributed by atoms with Crippen LogP contribution in [0.5, 0.6) is 0 Å². The number of anilines is 1. The van der Waals surface area contributed by atoms with E-state index in [0.717, 1.165) is 22.4 Å². The van der Waals surface area contributed by atoms with E-state index in [4.69, 9.17) is 4.74 Å². The molecule has 0 heterocycles. The van der Waals surface area contributed by atoms with Crippen LogP contribution in [0.2, 0.25) is 0 Å². The maximum Gasteiger partial charge on any atom is 2.00 e. The van der Waals surface area contributed by atoms with Crippen molar-refractivity contribution in [1.82, 2.24) is 21.3 Å². The van der Waals surface area contributed by atoms with Gasteiger partial charge >= 0.3 is 42.5 Å². The monoisotopic (exact) mass is 864 g/mol. The van der Waals surface area contributed by atoms with E-state index in [1.54, 1.807) is 11.8 Å². The first-order valence-electron chi connectivity index (χ1n) is 13.0.